The smallest absolute Gasteiger partial charge is 0.0120 e. The predicted octanol–water partition coefficient (Wildman–Crippen LogP) is 2.70. The minimum absolute atomic E-state index is 1.12. The molecule has 0 aromatic carbocycles. The van der Waals surface area contributed by atoms with Gasteiger partial charge in [-0.1, -0.05) is 28.9 Å². The highest BCUT2D eigenvalue weighted by atomic mass is 79.9. The minimum atomic E-state index is 1.12. The van der Waals surface area contributed by atoms with Gasteiger partial charge in [0.15, 0.2) is 0 Å². The predicted molar refractivity (Wildman–Crippen MR) is 33.0 cm³/mol. The van der Waals surface area contributed by atoms with E-state index in [0.717, 1.165) is 6.42 Å². The van der Waals surface area contributed by atoms with Crippen LogP contribution >= 0.6 is 15.9 Å². The standard InChI is InChI=1S/C5H9Br/c1-3-4-5(2)6/h4H,3H2,1-2H3/b5-4+. The summed E-state index contributed by atoms with van der Waals surface area (Å²) in [6.07, 6.45) is 3.25. The summed E-state index contributed by atoms with van der Waals surface area (Å²) in [6, 6.07) is 0. The Balaban J connectivity index is 3.14. The lowest BCUT2D eigenvalue weighted by atomic mass is 10.4. The second-order valence-electron chi connectivity index (χ2n) is 1.20. The first-order valence-electron chi connectivity index (χ1n) is 2.09. The molecule has 0 aliphatic carbocycles. The Morgan fingerprint density at radius 1 is 1.83 bits per heavy atom. The van der Waals surface area contributed by atoms with Gasteiger partial charge in [0.25, 0.3) is 0 Å². The molecule has 0 saturated heterocycles. The maximum atomic E-state index is 3.30. The van der Waals surface area contributed by atoms with Crippen LogP contribution in [0.5, 0.6) is 0 Å². The Bertz CT molecular complexity index is 51.0. The van der Waals surface area contributed by atoms with Gasteiger partial charge in [0.05, 0.1) is 0 Å². The molecule has 0 N–H and O–H groups in total. The van der Waals surface area contributed by atoms with E-state index in [2.05, 4.69) is 28.9 Å². The van der Waals surface area contributed by atoms with E-state index in [1.54, 1.807) is 0 Å². The summed E-state index contributed by atoms with van der Waals surface area (Å²) < 4.78 is 1.23. The molecule has 0 aromatic rings. The first-order chi connectivity index (χ1) is 2.77. The summed E-state index contributed by atoms with van der Waals surface area (Å²) in [6.45, 7) is 4.15. The molecule has 0 aliphatic rings. The molecule has 36 valence electrons. The molecule has 0 aliphatic heterocycles. The van der Waals surface area contributed by atoms with Gasteiger partial charge < -0.3 is 0 Å². The Morgan fingerprint density at radius 2 is 2.33 bits per heavy atom. The second kappa shape index (κ2) is 3.41. The fraction of sp³-hybridized carbons (Fsp3) is 0.600. The van der Waals surface area contributed by atoms with E-state index in [0.29, 0.717) is 0 Å². The second-order valence-corrected chi connectivity index (χ2v) is 2.45. The molecule has 0 radical (unpaired) electrons. The summed E-state index contributed by atoms with van der Waals surface area (Å²) in [5.41, 5.74) is 0. The van der Waals surface area contributed by atoms with Crippen molar-refractivity contribution < 1.29 is 0 Å². The molecule has 0 heterocycles. The summed E-state index contributed by atoms with van der Waals surface area (Å²) in [5, 5.41) is 0. The number of halogens is 1. The van der Waals surface area contributed by atoms with Gasteiger partial charge in [-0.3, -0.25) is 0 Å². The van der Waals surface area contributed by atoms with Crippen molar-refractivity contribution in [2.45, 2.75) is 20.3 Å². The lowest BCUT2D eigenvalue weighted by Crippen LogP contribution is -1.53. The highest BCUT2D eigenvalue weighted by molar-refractivity contribution is 9.11. The molecular weight excluding hydrogens is 140 g/mol. The molecule has 0 nitrogen and oxygen atoms in total. The Kier molecular flexibility index (Phi) is 3.54. The van der Waals surface area contributed by atoms with Crippen molar-refractivity contribution in [3.8, 4) is 0 Å². The normalized spacial score (nSPS) is 12.2. The third-order valence-electron chi connectivity index (χ3n) is 0.485. The van der Waals surface area contributed by atoms with E-state index in [1.807, 2.05) is 6.92 Å². The maximum absolute atomic E-state index is 3.30. The van der Waals surface area contributed by atoms with Crippen molar-refractivity contribution in [1.82, 2.24) is 0 Å². The molecule has 0 atom stereocenters. The Labute approximate surface area is 47.4 Å². The van der Waals surface area contributed by atoms with Crippen molar-refractivity contribution in [3.63, 3.8) is 0 Å². The van der Waals surface area contributed by atoms with Crippen LogP contribution in [0.25, 0.3) is 0 Å². The average Bonchev–Trinajstić information content (AvgIpc) is 1.35. The SMILES string of the molecule is CC/C=C(\C)Br. The molecular formula is C5H9Br. The molecule has 0 rings (SSSR count). The van der Waals surface area contributed by atoms with E-state index in [9.17, 15) is 0 Å². The van der Waals surface area contributed by atoms with Crippen LogP contribution in [0.1, 0.15) is 20.3 Å². The quantitative estimate of drug-likeness (QED) is 0.537. The maximum Gasteiger partial charge on any atom is -0.0120 e. The summed E-state index contributed by atoms with van der Waals surface area (Å²) in [4.78, 5) is 0. The topological polar surface area (TPSA) is 0 Å². The van der Waals surface area contributed by atoms with E-state index >= 15 is 0 Å². The lowest BCUT2D eigenvalue weighted by Gasteiger charge is -1.77. The summed E-state index contributed by atoms with van der Waals surface area (Å²) in [5.74, 6) is 0. The van der Waals surface area contributed by atoms with E-state index in [1.165, 1.54) is 4.48 Å². The molecule has 0 unspecified atom stereocenters. The van der Waals surface area contributed by atoms with Crippen molar-refractivity contribution in [2.24, 2.45) is 0 Å². The summed E-state index contributed by atoms with van der Waals surface area (Å²) in [7, 11) is 0. The Hall–Kier alpha value is 0.220. The highest BCUT2D eigenvalue weighted by Gasteiger charge is 1.69. The van der Waals surface area contributed by atoms with E-state index < -0.39 is 0 Å². The fourth-order valence-corrected chi connectivity index (χ4v) is 0.605. The minimum Gasteiger partial charge on any atom is -0.0749 e. The third-order valence-corrected chi connectivity index (χ3v) is 0.809. The Morgan fingerprint density at radius 3 is 2.33 bits per heavy atom. The molecule has 0 spiro atoms. The van der Waals surface area contributed by atoms with Crippen molar-refractivity contribution in [3.05, 3.63) is 10.6 Å². The first kappa shape index (κ1) is 6.22. The van der Waals surface area contributed by atoms with Gasteiger partial charge in [0, 0.05) is 0 Å². The van der Waals surface area contributed by atoms with Crippen LogP contribution in [-0.2, 0) is 0 Å². The zero-order valence-corrected chi connectivity index (χ0v) is 5.75. The van der Waals surface area contributed by atoms with Crippen LogP contribution in [0.3, 0.4) is 0 Å². The van der Waals surface area contributed by atoms with Crippen LogP contribution in [0.4, 0.5) is 0 Å². The molecule has 0 bridgehead atoms. The van der Waals surface area contributed by atoms with Crippen LogP contribution < -0.4 is 0 Å². The van der Waals surface area contributed by atoms with Gasteiger partial charge in [-0.05, 0) is 17.8 Å². The number of hydrogen-bond acceptors (Lipinski definition) is 0. The van der Waals surface area contributed by atoms with Gasteiger partial charge >= 0.3 is 0 Å². The third kappa shape index (κ3) is 4.22. The van der Waals surface area contributed by atoms with E-state index in [4.69, 9.17) is 0 Å². The molecule has 1 heteroatoms. The molecule has 0 amide bonds. The number of hydrogen-bond donors (Lipinski definition) is 0. The monoisotopic (exact) mass is 148 g/mol. The molecule has 6 heavy (non-hydrogen) atoms. The van der Waals surface area contributed by atoms with E-state index in [-0.39, 0.29) is 0 Å². The van der Waals surface area contributed by atoms with Gasteiger partial charge in [-0.2, -0.15) is 0 Å². The van der Waals surface area contributed by atoms with Gasteiger partial charge in [0.2, 0.25) is 0 Å². The van der Waals surface area contributed by atoms with Crippen LogP contribution in [0, 0.1) is 0 Å². The largest absolute Gasteiger partial charge is 0.0749 e. The molecule has 0 fully saturated rings. The van der Waals surface area contributed by atoms with Crippen molar-refractivity contribution in [2.75, 3.05) is 0 Å². The average molecular weight is 149 g/mol. The number of rotatable bonds is 1. The highest BCUT2D eigenvalue weighted by Crippen LogP contribution is 2.01. The van der Waals surface area contributed by atoms with Gasteiger partial charge in [0.1, 0.15) is 0 Å². The fourth-order valence-electron chi connectivity index (χ4n) is 0.281. The van der Waals surface area contributed by atoms with Crippen LogP contribution in [-0.4, -0.2) is 0 Å². The van der Waals surface area contributed by atoms with Crippen molar-refractivity contribution in [1.29, 1.82) is 0 Å². The lowest BCUT2D eigenvalue weighted by molar-refractivity contribution is 1.21. The molecule has 0 aromatic heterocycles. The van der Waals surface area contributed by atoms with Crippen LogP contribution in [0.15, 0.2) is 10.6 Å². The summed E-state index contributed by atoms with van der Waals surface area (Å²) >= 11 is 3.30. The van der Waals surface area contributed by atoms with Gasteiger partial charge in [-0.25, -0.2) is 0 Å². The van der Waals surface area contributed by atoms with Crippen LogP contribution in [0.2, 0.25) is 0 Å². The molecule has 0 saturated carbocycles. The van der Waals surface area contributed by atoms with Crippen molar-refractivity contribution >= 4 is 15.9 Å². The zero-order valence-electron chi connectivity index (χ0n) is 4.16. The van der Waals surface area contributed by atoms with Gasteiger partial charge in [-0.15, -0.1) is 0 Å². The first-order valence-corrected chi connectivity index (χ1v) is 2.89. The number of allylic oxidation sites excluding steroid dienone is 2. The zero-order chi connectivity index (χ0) is 4.99.